The van der Waals surface area contributed by atoms with Crippen LogP contribution in [0.4, 0.5) is 5.69 Å². The lowest BCUT2D eigenvalue weighted by atomic mass is 10.1. The van der Waals surface area contributed by atoms with Gasteiger partial charge in [0.25, 0.3) is 10.0 Å². The van der Waals surface area contributed by atoms with Gasteiger partial charge in [0.1, 0.15) is 24.1 Å². The summed E-state index contributed by atoms with van der Waals surface area (Å²) in [6.07, 6.45) is 0.313. The Labute approximate surface area is 253 Å². The third-order valence-corrected chi connectivity index (χ3v) is 8.70. The molecule has 0 aromatic heterocycles. The zero-order valence-corrected chi connectivity index (χ0v) is 26.3. The van der Waals surface area contributed by atoms with Gasteiger partial charge in [-0.15, -0.1) is 0 Å². The summed E-state index contributed by atoms with van der Waals surface area (Å²) in [5, 5.41) is 3.07. The van der Waals surface area contributed by atoms with Gasteiger partial charge in [0.15, 0.2) is 0 Å². The molecule has 11 heteroatoms. The Hall–Kier alpha value is -3.76. The van der Waals surface area contributed by atoms with Gasteiger partial charge in [-0.05, 0) is 75.2 Å². The van der Waals surface area contributed by atoms with Gasteiger partial charge in [-0.1, -0.05) is 48.4 Å². The first-order chi connectivity index (χ1) is 19.9. The molecule has 3 aromatic rings. The maximum Gasteiger partial charge on any atom is 0.264 e. The number of amides is 2. The summed E-state index contributed by atoms with van der Waals surface area (Å²) < 4.78 is 39.6. The minimum absolute atomic E-state index is 0.0109. The number of benzene rings is 3. The quantitative estimate of drug-likeness (QED) is 0.284. The highest BCUT2D eigenvalue weighted by Gasteiger charge is 2.34. The summed E-state index contributed by atoms with van der Waals surface area (Å²) in [4.78, 5) is 28.9. The van der Waals surface area contributed by atoms with Gasteiger partial charge in [-0.3, -0.25) is 13.9 Å². The van der Waals surface area contributed by atoms with Crippen LogP contribution in [0.1, 0.15) is 38.3 Å². The summed E-state index contributed by atoms with van der Waals surface area (Å²) in [5.41, 5.74) is 1.78. The first-order valence-corrected chi connectivity index (χ1v) is 15.4. The first-order valence-electron chi connectivity index (χ1n) is 13.6. The van der Waals surface area contributed by atoms with Crippen LogP contribution in [-0.4, -0.2) is 58.0 Å². The second kappa shape index (κ2) is 14.4. The number of carbonyl (C=O) groups excluding carboxylic acids is 2. The molecule has 0 aliphatic rings. The largest absolute Gasteiger partial charge is 0.497 e. The fourth-order valence-electron chi connectivity index (χ4n) is 4.44. The molecule has 42 heavy (non-hydrogen) atoms. The van der Waals surface area contributed by atoms with E-state index < -0.39 is 28.5 Å². The lowest BCUT2D eigenvalue weighted by Crippen LogP contribution is -2.53. The van der Waals surface area contributed by atoms with E-state index >= 15 is 0 Å². The predicted molar refractivity (Wildman–Crippen MR) is 165 cm³/mol. The van der Waals surface area contributed by atoms with Crippen LogP contribution in [0.25, 0.3) is 0 Å². The van der Waals surface area contributed by atoms with E-state index in [0.29, 0.717) is 17.9 Å². The van der Waals surface area contributed by atoms with Gasteiger partial charge in [0.05, 0.1) is 29.8 Å². The summed E-state index contributed by atoms with van der Waals surface area (Å²) in [7, 11) is -1.23. The third-order valence-electron chi connectivity index (χ3n) is 6.62. The normalized spacial score (nSPS) is 12.0. The van der Waals surface area contributed by atoms with E-state index in [0.717, 1.165) is 15.4 Å². The Morgan fingerprint density at radius 3 is 2.24 bits per heavy atom. The standard InChI is InChI=1S/C31H38ClN3O6S/c1-7-28(31(37)33-21(2)3)34(19-23-9-8-10-25(17-23)40-5)30(36)20-35(24-13-16-29(41-6)27(32)18-24)42(38,39)26-14-11-22(4)12-15-26/h8-18,21,28H,7,19-20H2,1-6H3,(H,33,37). The third kappa shape index (κ3) is 7.95. The number of hydrogen-bond donors (Lipinski definition) is 1. The smallest absolute Gasteiger partial charge is 0.264 e. The van der Waals surface area contributed by atoms with Gasteiger partial charge >= 0.3 is 0 Å². The molecule has 0 saturated heterocycles. The molecule has 1 N–H and O–H groups in total. The van der Waals surface area contributed by atoms with Crippen LogP contribution in [0, 0.1) is 6.92 Å². The molecule has 2 amide bonds. The average molecular weight is 616 g/mol. The van der Waals surface area contributed by atoms with E-state index in [-0.39, 0.29) is 34.1 Å². The second-order valence-electron chi connectivity index (χ2n) is 10.1. The number of rotatable bonds is 13. The van der Waals surface area contributed by atoms with Crippen molar-refractivity contribution in [3.8, 4) is 11.5 Å². The number of aryl methyl sites for hydroxylation is 1. The summed E-state index contributed by atoms with van der Waals surface area (Å²) in [5.74, 6) is 0.0573. The average Bonchev–Trinajstić information content (AvgIpc) is 2.95. The van der Waals surface area contributed by atoms with Crippen molar-refractivity contribution in [2.45, 2.75) is 57.6 Å². The molecule has 3 rings (SSSR count). The highest BCUT2D eigenvalue weighted by atomic mass is 35.5. The van der Waals surface area contributed by atoms with Crippen molar-refractivity contribution < 1.29 is 27.5 Å². The zero-order chi connectivity index (χ0) is 31.0. The molecule has 0 bridgehead atoms. The fraction of sp³-hybridized carbons (Fsp3) is 0.355. The molecule has 1 atom stereocenters. The van der Waals surface area contributed by atoms with Crippen molar-refractivity contribution in [2.75, 3.05) is 25.1 Å². The molecule has 0 radical (unpaired) electrons. The molecule has 9 nitrogen and oxygen atoms in total. The topological polar surface area (TPSA) is 105 Å². The molecule has 0 heterocycles. The first kappa shape index (κ1) is 32.8. The predicted octanol–water partition coefficient (Wildman–Crippen LogP) is 5.19. The van der Waals surface area contributed by atoms with Crippen LogP contribution in [0.5, 0.6) is 11.5 Å². The fourth-order valence-corrected chi connectivity index (χ4v) is 6.10. The SMILES string of the molecule is CCC(C(=O)NC(C)C)N(Cc1cccc(OC)c1)C(=O)CN(c1ccc(OC)c(Cl)c1)S(=O)(=O)c1ccc(C)cc1. The van der Waals surface area contributed by atoms with Gasteiger partial charge in [-0.2, -0.15) is 0 Å². The molecular weight excluding hydrogens is 578 g/mol. The summed E-state index contributed by atoms with van der Waals surface area (Å²) >= 11 is 6.38. The highest BCUT2D eigenvalue weighted by molar-refractivity contribution is 7.92. The van der Waals surface area contributed by atoms with E-state index in [9.17, 15) is 18.0 Å². The molecule has 0 fully saturated rings. The molecule has 226 valence electrons. The minimum Gasteiger partial charge on any atom is -0.497 e. The number of methoxy groups -OCH3 is 2. The van der Waals surface area contributed by atoms with Crippen molar-refractivity contribution in [1.29, 1.82) is 0 Å². The lowest BCUT2D eigenvalue weighted by molar-refractivity contribution is -0.140. The van der Waals surface area contributed by atoms with E-state index in [1.165, 1.54) is 36.3 Å². The van der Waals surface area contributed by atoms with E-state index in [2.05, 4.69) is 5.32 Å². The van der Waals surface area contributed by atoms with Crippen molar-refractivity contribution in [2.24, 2.45) is 0 Å². The van der Waals surface area contributed by atoms with E-state index in [4.69, 9.17) is 21.1 Å². The molecule has 3 aromatic carbocycles. The number of anilines is 1. The molecule has 1 unspecified atom stereocenters. The number of carbonyl (C=O) groups is 2. The van der Waals surface area contributed by atoms with E-state index in [1.807, 2.05) is 26.8 Å². The number of nitrogens with one attached hydrogen (secondary N) is 1. The lowest BCUT2D eigenvalue weighted by Gasteiger charge is -2.33. The Morgan fingerprint density at radius 1 is 0.976 bits per heavy atom. The molecule has 0 aliphatic heterocycles. The van der Waals surface area contributed by atoms with Crippen molar-refractivity contribution in [3.05, 3.63) is 82.9 Å². The number of halogens is 1. The molecule has 0 spiro atoms. The number of sulfonamides is 1. The monoisotopic (exact) mass is 615 g/mol. The molecular formula is C31H38ClN3O6S. The van der Waals surface area contributed by atoms with Crippen LogP contribution in [0.2, 0.25) is 5.02 Å². The summed E-state index contributed by atoms with van der Waals surface area (Å²) in [6.45, 7) is 6.81. The van der Waals surface area contributed by atoms with Crippen molar-refractivity contribution in [3.63, 3.8) is 0 Å². The molecule has 0 aliphatic carbocycles. The highest BCUT2D eigenvalue weighted by Crippen LogP contribution is 2.32. The summed E-state index contributed by atoms with van der Waals surface area (Å²) in [6, 6.07) is 17.0. The number of hydrogen-bond acceptors (Lipinski definition) is 6. The van der Waals surface area contributed by atoms with Crippen LogP contribution < -0.4 is 19.1 Å². The van der Waals surface area contributed by atoms with Gasteiger partial charge in [-0.25, -0.2) is 8.42 Å². The Kier molecular flexibility index (Phi) is 11.2. The van der Waals surface area contributed by atoms with Gasteiger partial charge in [0, 0.05) is 12.6 Å². The van der Waals surface area contributed by atoms with Crippen LogP contribution >= 0.6 is 11.6 Å². The second-order valence-corrected chi connectivity index (χ2v) is 12.4. The Bertz CT molecular complexity index is 1490. The zero-order valence-electron chi connectivity index (χ0n) is 24.8. The van der Waals surface area contributed by atoms with Gasteiger partial charge in [0.2, 0.25) is 11.8 Å². The Balaban J connectivity index is 2.11. The van der Waals surface area contributed by atoms with Crippen LogP contribution in [0.3, 0.4) is 0 Å². The van der Waals surface area contributed by atoms with Gasteiger partial charge < -0.3 is 19.7 Å². The minimum atomic E-state index is -4.23. The number of nitrogens with zero attached hydrogens (tertiary/aromatic N) is 2. The molecule has 0 saturated carbocycles. The Morgan fingerprint density at radius 2 is 1.67 bits per heavy atom. The van der Waals surface area contributed by atoms with Crippen LogP contribution in [0.15, 0.2) is 71.6 Å². The van der Waals surface area contributed by atoms with Crippen molar-refractivity contribution in [1.82, 2.24) is 10.2 Å². The maximum atomic E-state index is 14.2. The van der Waals surface area contributed by atoms with E-state index in [1.54, 1.807) is 50.4 Å². The maximum absolute atomic E-state index is 14.2. The van der Waals surface area contributed by atoms with Crippen LogP contribution in [-0.2, 0) is 26.2 Å². The number of ether oxygens (including phenoxy) is 2. The van der Waals surface area contributed by atoms with Crippen molar-refractivity contribution >= 4 is 39.1 Å².